The summed E-state index contributed by atoms with van der Waals surface area (Å²) in [5.41, 5.74) is 5.23. The molecule has 0 saturated heterocycles. The minimum absolute atomic E-state index is 0.0975. The number of ether oxygens (including phenoxy) is 1. The van der Waals surface area contributed by atoms with Gasteiger partial charge in [-0.1, -0.05) is 12.2 Å². The van der Waals surface area contributed by atoms with Crippen LogP contribution >= 0.6 is 12.2 Å². The molecule has 0 heterocycles. The van der Waals surface area contributed by atoms with Crippen LogP contribution in [0.4, 0.5) is 4.39 Å². The van der Waals surface area contributed by atoms with Gasteiger partial charge in [0.2, 0.25) is 10.0 Å². The highest BCUT2D eigenvalue weighted by atomic mass is 32.2. The van der Waals surface area contributed by atoms with E-state index in [9.17, 15) is 12.8 Å². The molecule has 1 unspecified atom stereocenters. The molecule has 0 bridgehead atoms. The van der Waals surface area contributed by atoms with Crippen molar-refractivity contribution in [3.63, 3.8) is 0 Å². The van der Waals surface area contributed by atoms with Crippen molar-refractivity contribution in [2.75, 3.05) is 13.7 Å². The van der Waals surface area contributed by atoms with E-state index in [0.29, 0.717) is 0 Å². The Kier molecular flexibility index (Phi) is 5.36. The molecule has 0 saturated carbocycles. The lowest BCUT2D eigenvalue weighted by Crippen LogP contribution is -2.35. The van der Waals surface area contributed by atoms with E-state index < -0.39 is 21.9 Å². The Labute approximate surface area is 117 Å². The average molecular weight is 306 g/mol. The number of thiocarbonyl (C=S) groups is 1. The number of methoxy groups -OCH3 is 1. The molecule has 1 rings (SSSR count). The predicted molar refractivity (Wildman–Crippen MR) is 73.9 cm³/mol. The van der Waals surface area contributed by atoms with Gasteiger partial charge in [-0.2, -0.15) is 0 Å². The third kappa shape index (κ3) is 4.20. The van der Waals surface area contributed by atoms with Crippen molar-refractivity contribution < 1.29 is 17.5 Å². The Hall–Kier alpha value is -1.09. The maximum absolute atomic E-state index is 13.4. The molecule has 3 N–H and O–H groups in total. The van der Waals surface area contributed by atoms with E-state index in [1.165, 1.54) is 7.11 Å². The Bertz CT molecular complexity index is 575. The van der Waals surface area contributed by atoms with E-state index >= 15 is 0 Å². The summed E-state index contributed by atoms with van der Waals surface area (Å²) in [6.45, 7) is 1.88. The number of nitrogens with one attached hydrogen (secondary N) is 1. The smallest absolute Gasteiger partial charge is 0.240 e. The van der Waals surface area contributed by atoms with Crippen molar-refractivity contribution >= 4 is 27.2 Å². The maximum Gasteiger partial charge on any atom is 0.240 e. The molecule has 8 heteroatoms. The summed E-state index contributed by atoms with van der Waals surface area (Å²) in [5, 5.41) is 0. The standard InChI is InChI=1S/C11H15FN2O3S2/c1-7(6-17-2)14-19(15,16)8-3-4-10(12)9(5-8)11(13)18/h3-5,7,14H,6H2,1-2H3,(H2,13,18). The lowest BCUT2D eigenvalue weighted by atomic mass is 10.2. The van der Waals surface area contributed by atoms with E-state index in [1.54, 1.807) is 6.92 Å². The molecular weight excluding hydrogens is 291 g/mol. The highest BCUT2D eigenvalue weighted by Crippen LogP contribution is 2.15. The average Bonchev–Trinajstić information content (AvgIpc) is 2.28. The molecule has 0 aromatic heterocycles. The number of halogens is 1. The van der Waals surface area contributed by atoms with E-state index in [0.717, 1.165) is 18.2 Å². The number of rotatable bonds is 6. The Morgan fingerprint density at radius 2 is 2.21 bits per heavy atom. The number of sulfonamides is 1. The second kappa shape index (κ2) is 6.38. The van der Waals surface area contributed by atoms with Crippen LogP contribution in [-0.4, -0.2) is 33.2 Å². The van der Waals surface area contributed by atoms with E-state index in [4.69, 9.17) is 10.5 Å². The van der Waals surface area contributed by atoms with E-state index in [1.807, 2.05) is 0 Å². The number of benzene rings is 1. The highest BCUT2D eigenvalue weighted by molar-refractivity contribution is 7.89. The highest BCUT2D eigenvalue weighted by Gasteiger charge is 2.19. The zero-order chi connectivity index (χ0) is 14.6. The molecule has 0 spiro atoms. The number of nitrogens with two attached hydrogens (primary N) is 1. The van der Waals surface area contributed by atoms with Crippen molar-refractivity contribution in [3.05, 3.63) is 29.6 Å². The lowest BCUT2D eigenvalue weighted by Gasteiger charge is -2.14. The van der Waals surface area contributed by atoms with Gasteiger partial charge < -0.3 is 10.5 Å². The first-order valence-electron chi connectivity index (χ1n) is 5.38. The maximum atomic E-state index is 13.4. The largest absolute Gasteiger partial charge is 0.389 e. The molecule has 0 aliphatic rings. The Balaban J connectivity index is 3.08. The summed E-state index contributed by atoms with van der Waals surface area (Å²) in [4.78, 5) is -0.292. The van der Waals surface area contributed by atoms with Gasteiger partial charge in [0.15, 0.2) is 0 Å². The minimum atomic E-state index is -3.77. The summed E-state index contributed by atoms with van der Waals surface area (Å²) >= 11 is 4.66. The third-order valence-corrected chi connectivity index (χ3v) is 4.09. The molecule has 1 atom stereocenters. The SMILES string of the molecule is COCC(C)NS(=O)(=O)c1ccc(F)c(C(N)=S)c1. The molecule has 1 aromatic rings. The van der Waals surface area contributed by atoms with Crippen LogP contribution in [0.1, 0.15) is 12.5 Å². The van der Waals surface area contributed by atoms with E-state index in [-0.39, 0.29) is 22.1 Å². The molecule has 0 amide bonds. The molecule has 0 radical (unpaired) electrons. The summed E-state index contributed by atoms with van der Waals surface area (Å²) in [6, 6.07) is 2.87. The van der Waals surface area contributed by atoms with Gasteiger partial charge in [-0.3, -0.25) is 0 Å². The Morgan fingerprint density at radius 3 is 2.74 bits per heavy atom. The van der Waals surface area contributed by atoms with Gasteiger partial charge in [0.05, 0.1) is 11.5 Å². The molecule has 1 aromatic carbocycles. The lowest BCUT2D eigenvalue weighted by molar-refractivity contribution is 0.180. The van der Waals surface area contributed by atoms with Crippen LogP contribution < -0.4 is 10.5 Å². The number of hydrogen-bond acceptors (Lipinski definition) is 4. The van der Waals surface area contributed by atoms with Gasteiger partial charge in [-0.25, -0.2) is 17.5 Å². The van der Waals surface area contributed by atoms with Crippen molar-refractivity contribution in [1.82, 2.24) is 4.72 Å². The van der Waals surface area contributed by atoms with Crippen molar-refractivity contribution in [3.8, 4) is 0 Å². The van der Waals surface area contributed by atoms with Crippen LogP contribution in [0.25, 0.3) is 0 Å². The van der Waals surface area contributed by atoms with Gasteiger partial charge in [-0.05, 0) is 25.1 Å². The van der Waals surface area contributed by atoms with Crippen molar-refractivity contribution in [2.24, 2.45) is 5.73 Å². The first-order valence-corrected chi connectivity index (χ1v) is 7.27. The van der Waals surface area contributed by atoms with Crippen molar-refractivity contribution in [2.45, 2.75) is 17.9 Å². The first-order chi connectivity index (χ1) is 8.77. The second-order valence-electron chi connectivity index (χ2n) is 3.98. The Morgan fingerprint density at radius 1 is 1.58 bits per heavy atom. The fourth-order valence-corrected chi connectivity index (χ4v) is 2.89. The molecular formula is C11H15FN2O3S2. The molecule has 0 fully saturated rings. The van der Waals surface area contributed by atoms with E-state index in [2.05, 4.69) is 16.9 Å². The van der Waals surface area contributed by atoms with Crippen LogP contribution in [0, 0.1) is 5.82 Å². The van der Waals surface area contributed by atoms with Crippen LogP contribution in [-0.2, 0) is 14.8 Å². The molecule has 19 heavy (non-hydrogen) atoms. The minimum Gasteiger partial charge on any atom is -0.389 e. The van der Waals surface area contributed by atoms with Gasteiger partial charge in [0.25, 0.3) is 0 Å². The number of hydrogen-bond donors (Lipinski definition) is 2. The van der Waals surface area contributed by atoms with Gasteiger partial charge in [0.1, 0.15) is 10.8 Å². The molecule has 0 aliphatic heterocycles. The molecule has 106 valence electrons. The topological polar surface area (TPSA) is 81.4 Å². The third-order valence-electron chi connectivity index (χ3n) is 2.29. The molecule has 5 nitrogen and oxygen atoms in total. The first kappa shape index (κ1) is 16.0. The molecule has 0 aliphatic carbocycles. The summed E-state index contributed by atoms with van der Waals surface area (Å²) in [6.07, 6.45) is 0. The summed E-state index contributed by atoms with van der Waals surface area (Å²) in [7, 11) is -2.30. The fraction of sp³-hybridized carbons (Fsp3) is 0.364. The van der Waals surface area contributed by atoms with Crippen molar-refractivity contribution in [1.29, 1.82) is 0 Å². The van der Waals surface area contributed by atoms with Crippen LogP contribution in [0.5, 0.6) is 0 Å². The normalized spacial score (nSPS) is 13.2. The second-order valence-corrected chi connectivity index (χ2v) is 6.14. The van der Waals surface area contributed by atoms with Crippen LogP contribution in [0.15, 0.2) is 23.1 Å². The van der Waals surface area contributed by atoms with Crippen LogP contribution in [0.3, 0.4) is 0 Å². The zero-order valence-corrected chi connectivity index (χ0v) is 12.1. The van der Waals surface area contributed by atoms with Gasteiger partial charge >= 0.3 is 0 Å². The van der Waals surface area contributed by atoms with Gasteiger partial charge in [0, 0.05) is 18.7 Å². The van der Waals surface area contributed by atoms with Crippen LogP contribution in [0.2, 0.25) is 0 Å². The van der Waals surface area contributed by atoms with Gasteiger partial charge in [-0.15, -0.1) is 0 Å². The summed E-state index contributed by atoms with van der Waals surface area (Å²) < 4.78 is 44.7. The quantitative estimate of drug-likeness (QED) is 0.759. The zero-order valence-electron chi connectivity index (χ0n) is 10.5. The predicted octanol–water partition coefficient (Wildman–Crippen LogP) is 0.773. The summed E-state index contributed by atoms with van der Waals surface area (Å²) in [5.74, 6) is -0.656. The fourth-order valence-electron chi connectivity index (χ4n) is 1.48. The monoisotopic (exact) mass is 306 g/mol.